The molecule has 0 aromatic heterocycles. The first-order valence-electron chi connectivity index (χ1n) is 14.1. The summed E-state index contributed by atoms with van der Waals surface area (Å²) >= 11 is 0. The van der Waals surface area contributed by atoms with Crippen molar-refractivity contribution < 1.29 is 34.2 Å². The Kier molecular flexibility index (Phi) is 6.90. The molecule has 4 rings (SSSR count). The molecule has 6 atom stereocenters. The molecule has 0 amide bonds. The minimum atomic E-state index is -2.67. The van der Waals surface area contributed by atoms with Crippen LogP contribution in [0.5, 0.6) is 5.75 Å². The third-order valence-corrected chi connectivity index (χ3v) is 9.74. The van der Waals surface area contributed by atoms with Crippen molar-refractivity contribution in [3.63, 3.8) is 0 Å². The van der Waals surface area contributed by atoms with E-state index in [-0.39, 0.29) is 41.9 Å². The van der Waals surface area contributed by atoms with E-state index >= 15 is 0 Å². The van der Waals surface area contributed by atoms with E-state index in [1.165, 1.54) is 0 Å². The lowest BCUT2D eigenvalue weighted by Crippen LogP contribution is -2.76. The van der Waals surface area contributed by atoms with Gasteiger partial charge in [0.2, 0.25) is 0 Å². The molecule has 1 aromatic rings. The van der Waals surface area contributed by atoms with Gasteiger partial charge in [-0.2, -0.15) is 0 Å². The number of aromatic hydroxyl groups is 1. The number of rotatable bonds is 5. The van der Waals surface area contributed by atoms with Crippen molar-refractivity contribution in [3.8, 4) is 5.75 Å². The number of carbonyl (C=O) groups excluding carboxylic acids is 5. The number of phenolic OH excluding ortho intramolecular Hbond substituents is 1. The Morgan fingerprint density at radius 3 is 2.10 bits per heavy atom. The first-order chi connectivity index (χ1) is 17.8. The number of benzene rings is 1. The quantitative estimate of drug-likeness (QED) is 0.532. The van der Waals surface area contributed by atoms with Gasteiger partial charge in [-0.15, -0.1) is 0 Å². The number of hydrogen-bond donors (Lipinski definition) is 2. The molecule has 212 valence electrons. The van der Waals surface area contributed by atoms with Gasteiger partial charge in [-0.25, -0.2) is 0 Å². The first kappa shape index (κ1) is 29.3. The van der Waals surface area contributed by atoms with E-state index in [2.05, 4.69) is 0 Å². The molecule has 0 spiro atoms. The van der Waals surface area contributed by atoms with Gasteiger partial charge in [-0.05, 0) is 66.0 Å². The van der Waals surface area contributed by atoms with Crippen LogP contribution in [-0.2, 0) is 32.0 Å². The van der Waals surface area contributed by atoms with Crippen molar-refractivity contribution in [2.45, 2.75) is 93.1 Å². The number of fused-ring (bicyclic) bond motifs is 3. The Balaban J connectivity index is 2.00. The SMILES string of the molecule is CC(=O)C1C(=O)C(C(C)C)[C@@]2(C)C[C@@]3(C)Cc4c(C(C)C)cc(CC(C)C)c(O)c4C(=O)C3C(=O)[C@@]2(O)C1=O. The van der Waals surface area contributed by atoms with Gasteiger partial charge >= 0.3 is 0 Å². The molecular weight excluding hydrogens is 496 g/mol. The zero-order chi connectivity index (χ0) is 29.6. The molecular formula is C32H42O7. The molecule has 39 heavy (non-hydrogen) atoms. The fourth-order valence-corrected chi connectivity index (χ4v) is 8.40. The van der Waals surface area contributed by atoms with E-state index in [4.69, 9.17) is 0 Å². The Morgan fingerprint density at radius 2 is 1.62 bits per heavy atom. The second kappa shape index (κ2) is 9.18. The maximum Gasteiger partial charge on any atom is 0.190 e. The standard InChI is InChI=1S/C32H42O7/c1-14(2)10-18-11-19(15(3)4)20-12-30(8)13-31(9)23(16(5)6)26(35)21(17(7)33)28(37)32(31,39)29(38)24(30)27(36)22(20)25(18)34/h11,14-16,21,23-24,34,39H,10,12-13H2,1-9H3/t21?,23?,24?,30-,31-,32+/m1/s1. The second-order valence-electron chi connectivity index (χ2n) is 13.9. The minimum absolute atomic E-state index is 0.0441. The number of ketones is 5. The highest BCUT2D eigenvalue weighted by Gasteiger charge is 2.76. The molecule has 3 aliphatic rings. The highest BCUT2D eigenvalue weighted by Crippen LogP contribution is 2.64. The Morgan fingerprint density at radius 1 is 1.03 bits per heavy atom. The highest BCUT2D eigenvalue weighted by atomic mass is 16.3. The normalized spacial score (nSPS) is 34.4. The lowest BCUT2D eigenvalue weighted by molar-refractivity contribution is -0.205. The summed E-state index contributed by atoms with van der Waals surface area (Å²) in [6.07, 6.45) is 0.887. The number of hydrogen-bond acceptors (Lipinski definition) is 7. The van der Waals surface area contributed by atoms with Crippen LogP contribution in [0.25, 0.3) is 0 Å². The molecule has 0 aliphatic heterocycles. The smallest absolute Gasteiger partial charge is 0.190 e. The number of Topliss-reactive ketones (excluding diaryl/α,β-unsaturated/α-hetero) is 5. The van der Waals surface area contributed by atoms with E-state index in [0.717, 1.165) is 12.5 Å². The van der Waals surface area contributed by atoms with Crippen LogP contribution in [0.1, 0.15) is 102 Å². The molecule has 0 bridgehead atoms. The fraction of sp³-hybridized carbons (Fsp3) is 0.656. The fourth-order valence-electron chi connectivity index (χ4n) is 8.40. The van der Waals surface area contributed by atoms with E-state index < -0.39 is 63.1 Å². The molecule has 0 saturated heterocycles. The van der Waals surface area contributed by atoms with Crippen molar-refractivity contribution in [3.05, 3.63) is 28.3 Å². The van der Waals surface area contributed by atoms with Gasteiger partial charge in [-0.3, -0.25) is 24.0 Å². The summed E-state index contributed by atoms with van der Waals surface area (Å²) in [7, 11) is 0. The highest BCUT2D eigenvalue weighted by molar-refractivity contribution is 6.32. The van der Waals surface area contributed by atoms with E-state index in [1.807, 2.05) is 40.7 Å². The van der Waals surface area contributed by atoms with Crippen LogP contribution in [0.3, 0.4) is 0 Å². The molecule has 1 aromatic carbocycles. The maximum atomic E-state index is 14.4. The first-order valence-corrected chi connectivity index (χ1v) is 14.1. The van der Waals surface area contributed by atoms with Crippen LogP contribution in [0.15, 0.2) is 6.07 Å². The summed E-state index contributed by atoms with van der Waals surface area (Å²) in [6, 6.07) is 1.96. The Labute approximate surface area is 230 Å². The van der Waals surface area contributed by atoms with Crippen LogP contribution >= 0.6 is 0 Å². The Bertz CT molecular complexity index is 1300. The lowest BCUT2D eigenvalue weighted by atomic mass is 9.39. The zero-order valence-corrected chi connectivity index (χ0v) is 24.6. The van der Waals surface area contributed by atoms with Crippen LogP contribution < -0.4 is 0 Å². The monoisotopic (exact) mass is 538 g/mol. The second-order valence-corrected chi connectivity index (χ2v) is 13.9. The number of aliphatic hydroxyl groups is 1. The molecule has 3 aliphatic carbocycles. The third kappa shape index (κ3) is 3.82. The maximum absolute atomic E-state index is 14.4. The van der Waals surface area contributed by atoms with Crippen LogP contribution in [0, 0.1) is 40.4 Å². The predicted molar refractivity (Wildman–Crippen MR) is 146 cm³/mol. The lowest BCUT2D eigenvalue weighted by Gasteiger charge is -2.62. The van der Waals surface area contributed by atoms with Gasteiger partial charge in [0.05, 0.1) is 11.5 Å². The molecule has 0 heterocycles. The average Bonchev–Trinajstić information content (AvgIpc) is 2.77. The van der Waals surface area contributed by atoms with Gasteiger partial charge in [0.1, 0.15) is 17.5 Å². The predicted octanol–water partition coefficient (Wildman–Crippen LogP) is 4.41. The van der Waals surface area contributed by atoms with Gasteiger partial charge in [0.15, 0.2) is 28.7 Å². The molecule has 0 radical (unpaired) electrons. The van der Waals surface area contributed by atoms with Gasteiger partial charge in [-0.1, -0.05) is 61.5 Å². The summed E-state index contributed by atoms with van der Waals surface area (Å²) in [4.78, 5) is 68.5. The van der Waals surface area contributed by atoms with E-state index in [0.29, 0.717) is 17.5 Å². The van der Waals surface area contributed by atoms with Crippen LogP contribution in [-0.4, -0.2) is 44.7 Å². The van der Waals surface area contributed by atoms with Crippen molar-refractivity contribution in [1.29, 1.82) is 0 Å². The van der Waals surface area contributed by atoms with Crippen LogP contribution in [0.2, 0.25) is 0 Å². The molecule has 2 N–H and O–H groups in total. The van der Waals surface area contributed by atoms with Gasteiger partial charge in [0, 0.05) is 11.3 Å². The van der Waals surface area contributed by atoms with Crippen LogP contribution in [0.4, 0.5) is 0 Å². The van der Waals surface area contributed by atoms with Crippen molar-refractivity contribution >= 4 is 28.9 Å². The largest absolute Gasteiger partial charge is 0.507 e. The molecule has 3 unspecified atom stereocenters. The average molecular weight is 539 g/mol. The van der Waals surface area contributed by atoms with Crippen molar-refractivity contribution in [2.75, 3.05) is 0 Å². The third-order valence-electron chi connectivity index (χ3n) is 9.74. The number of phenols is 1. The van der Waals surface area contributed by atoms with Gasteiger partial charge in [0.25, 0.3) is 0 Å². The Hall–Kier alpha value is -2.67. The summed E-state index contributed by atoms with van der Waals surface area (Å²) < 4.78 is 0. The molecule has 7 heteroatoms. The van der Waals surface area contributed by atoms with Gasteiger partial charge < -0.3 is 10.2 Å². The summed E-state index contributed by atoms with van der Waals surface area (Å²) in [6.45, 7) is 16.2. The van der Waals surface area contributed by atoms with E-state index in [9.17, 15) is 34.2 Å². The minimum Gasteiger partial charge on any atom is -0.507 e. The molecule has 2 saturated carbocycles. The summed E-state index contributed by atoms with van der Waals surface area (Å²) in [5.74, 6) is -8.27. The zero-order valence-electron chi connectivity index (χ0n) is 24.6. The number of carbonyl (C=O) groups is 5. The van der Waals surface area contributed by atoms with Crippen molar-refractivity contribution in [1.82, 2.24) is 0 Å². The summed E-state index contributed by atoms with van der Waals surface area (Å²) in [5.41, 5.74) is -2.83. The molecule has 7 nitrogen and oxygen atoms in total. The van der Waals surface area contributed by atoms with Crippen molar-refractivity contribution in [2.24, 2.45) is 40.4 Å². The van der Waals surface area contributed by atoms with E-state index in [1.54, 1.807) is 20.8 Å². The molecule has 2 fully saturated rings. The topological polar surface area (TPSA) is 126 Å². The summed E-state index contributed by atoms with van der Waals surface area (Å²) in [5, 5.41) is 23.5.